The molecular formula is C18H27N3O2. The number of urea groups is 1. The maximum atomic E-state index is 12.0. The van der Waals surface area contributed by atoms with Crippen molar-refractivity contribution in [3.8, 4) is 0 Å². The molecule has 0 unspecified atom stereocenters. The van der Waals surface area contributed by atoms with Gasteiger partial charge in [-0.1, -0.05) is 31.0 Å². The molecule has 1 aromatic rings. The molecular weight excluding hydrogens is 290 g/mol. The van der Waals surface area contributed by atoms with Crippen LogP contribution in [0.15, 0.2) is 30.3 Å². The summed E-state index contributed by atoms with van der Waals surface area (Å²) in [4.78, 5) is 14.4. The van der Waals surface area contributed by atoms with Crippen LogP contribution in [0.3, 0.4) is 0 Å². The maximum absolute atomic E-state index is 12.0. The van der Waals surface area contributed by atoms with Crippen LogP contribution in [0.2, 0.25) is 0 Å². The van der Waals surface area contributed by atoms with Crippen LogP contribution in [0.25, 0.3) is 0 Å². The minimum atomic E-state index is -0.686. The van der Waals surface area contributed by atoms with Crippen molar-refractivity contribution in [1.82, 2.24) is 10.6 Å². The van der Waals surface area contributed by atoms with Crippen molar-refractivity contribution in [2.24, 2.45) is 0 Å². The molecule has 23 heavy (non-hydrogen) atoms. The number of amides is 2. The van der Waals surface area contributed by atoms with Crippen LogP contribution in [0.5, 0.6) is 0 Å². The van der Waals surface area contributed by atoms with Gasteiger partial charge in [-0.3, -0.25) is 0 Å². The molecule has 2 amide bonds. The average molecular weight is 317 g/mol. The van der Waals surface area contributed by atoms with Gasteiger partial charge in [0.15, 0.2) is 0 Å². The molecule has 1 aliphatic carbocycles. The number of carbonyl (C=O) groups is 1. The second kappa shape index (κ2) is 7.21. The molecule has 0 spiro atoms. The van der Waals surface area contributed by atoms with Gasteiger partial charge in [0.2, 0.25) is 0 Å². The Kier molecular flexibility index (Phi) is 5.06. The normalized spacial score (nSPS) is 21.2. The number of carbonyl (C=O) groups excluding carboxylic acids is 1. The van der Waals surface area contributed by atoms with E-state index in [9.17, 15) is 9.90 Å². The standard InChI is InChI=1S/C18H27N3O2/c22-17(19-14-18(23)10-4-5-11-18)20-15-8-12-21(13-9-15)16-6-2-1-3-7-16/h1-3,6-7,15,23H,4-5,8-14H2,(H2,19,20,22). The average Bonchev–Trinajstić information content (AvgIpc) is 3.02. The molecule has 1 heterocycles. The Morgan fingerprint density at radius 3 is 2.48 bits per heavy atom. The lowest BCUT2D eigenvalue weighted by atomic mass is 10.0. The lowest BCUT2D eigenvalue weighted by molar-refractivity contribution is 0.0500. The summed E-state index contributed by atoms with van der Waals surface area (Å²) in [7, 11) is 0. The summed E-state index contributed by atoms with van der Waals surface area (Å²) in [5.74, 6) is 0. The summed E-state index contributed by atoms with van der Waals surface area (Å²) in [6.45, 7) is 2.28. The summed E-state index contributed by atoms with van der Waals surface area (Å²) >= 11 is 0. The molecule has 0 aromatic heterocycles. The largest absolute Gasteiger partial charge is 0.388 e. The molecule has 3 N–H and O–H groups in total. The molecule has 3 rings (SSSR count). The predicted octanol–water partition coefficient (Wildman–Crippen LogP) is 2.26. The highest BCUT2D eigenvalue weighted by Crippen LogP contribution is 2.28. The summed E-state index contributed by atoms with van der Waals surface area (Å²) in [5, 5.41) is 16.1. The van der Waals surface area contributed by atoms with Crippen LogP contribution in [0.1, 0.15) is 38.5 Å². The fraction of sp³-hybridized carbons (Fsp3) is 0.611. The van der Waals surface area contributed by atoms with Crippen molar-refractivity contribution in [1.29, 1.82) is 0 Å². The highest BCUT2D eigenvalue weighted by molar-refractivity contribution is 5.74. The second-order valence-corrected chi connectivity index (χ2v) is 6.86. The van der Waals surface area contributed by atoms with Crippen molar-refractivity contribution in [2.75, 3.05) is 24.5 Å². The van der Waals surface area contributed by atoms with Crippen LogP contribution in [0.4, 0.5) is 10.5 Å². The van der Waals surface area contributed by atoms with Gasteiger partial charge >= 0.3 is 6.03 Å². The number of hydrogen-bond acceptors (Lipinski definition) is 3. The molecule has 0 radical (unpaired) electrons. The minimum Gasteiger partial charge on any atom is -0.388 e. The quantitative estimate of drug-likeness (QED) is 0.798. The van der Waals surface area contributed by atoms with Gasteiger partial charge in [0.1, 0.15) is 0 Å². The Morgan fingerprint density at radius 1 is 1.17 bits per heavy atom. The summed E-state index contributed by atoms with van der Waals surface area (Å²) in [6.07, 6.45) is 5.60. The van der Waals surface area contributed by atoms with E-state index in [0.29, 0.717) is 6.54 Å². The van der Waals surface area contributed by atoms with Crippen molar-refractivity contribution in [2.45, 2.75) is 50.2 Å². The topological polar surface area (TPSA) is 64.6 Å². The van der Waals surface area contributed by atoms with Gasteiger partial charge in [-0.25, -0.2) is 4.79 Å². The zero-order valence-electron chi connectivity index (χ0n) is 13.6. The van der Waals surface area contributed by atoms with Gasteiger partial charge in [-0.2, -0.15) is 0 Å². The van der Waals surface area contributed by atoms with Crippen molar-refractivity contribution in [3.05, 3.63) is 30.3 Å². The SMILES string of the molecule is O=C(NCC1(O)CCCC1)NC1CCN(c2ccccc2)CC1. The van der Waals surface area contributed by atoms with Crippen molar-refractivity contribution < 1.29 is 9.90 Å². The zero-order valence-corrected chi connectivity index (χ0v) is 13.6. The zero-order chi connectivity index (χ0) is 16.1. The molecule has 5 heteroatoms. The van der Waals surface area contributed by atoms with Gasteiger partial charge < -0.3 is 20.6 Å². The van der Waals surface area contributed by atoms with E-state index in [0.717, 1.165) is 51.6 Å². The molecule has 126 valence electrons. The highest BCUT2D eigenvalue weighted by atomic mass is 16.3. The van der Waals surface area contributed by atoms with E-state index < -0.39 is 5.60 Å². The molecule has 0 atom stereocenters. The molecule has 1 saturated carbocycles. The number of benzene rings is 1. The number of para-hydroxylation sites is 1. The molecule has 1 saturated heterocycles. The van der Waals surface area contributed by atoms with E-state index >= 15 is 0 Å². The van der Waals surface area contributed by atoms with E-state index in [4.69, 9.17) is 0 Å². The van der Waals surface area contributed by atoms with Gasteiger partial charge in [0, 0.05) is 31.4 Å². The number of nitrogens with one attached hydrogen (secondary N) is 2. The molecule has 2 fully saturated rings. The fourth-order valence-electron chi connectivity index (χ4n) is 3.61. The molecule has 1 aliphatic heterocycles. The molecule has 1 aromatic carbocycles. The molecule has 5 nitrogen and oxygen atoms in total. The Balaban J connectivity index is 1.39. The van der Waals surface area contributed by atoms with Gasteiger partial charge in [0.05, 0.1) is 5.60 Å². The molecule has 2 aliphatic rings. The third-order valence-corrected chi connectivity index (χ3v) is 5.06. The number of anilines is 1. The molecule has 0 bridgehead atoms. The summed E-state index contributed by atoms with van der Waals surface area (Å²) < 4.78 is 0. The van der Waals surface area contributed by atoms with Crippen LogP contribution < -0.4 is 15.5 Å². The van der Waals surface area contributed by atoms with Crippen molar-refractivity contribution >= 4 is 11.7 Å². The first kappa shape index (κ1) is 16.1. The third-order valence-electron chi connectivity index (χ3n) is 5.06. The lowest BCUT2D eigenvalue weighted by Gasteiger charge is -2.34. The third kappa shape index (κ3) is 4.38. The number of nitrogens with zero attached hydrogens (tertiary/aromatic N) is 1. The van der Waals surface area contributed by atoms with E-state index in [1.165, 1.54) is 5.69 Å². The van der Waals surface area contributed by atoms with Gasteiger partial charge in [0.25, 0.3) is 0 Å². The number of piperidine rings is 1. The minimum absolute atomic E-state index is 0.150. The van der Waals surface area contributed by atoms with Crippen LogP contribution in [-0.2, 0) is 0 Å². The van der Waals surface area contributed by atoms with E-state index in [1.54, 1.807) is 0 Å². The Bertz CT molecular complexity index is 506. The summed E-state index contributed by atoms with van der Waals surface area (Å²) in [6, 6.07) is 10.5. The smallest absolute Gasteiger partial charge is 0.315 e. The van der Waals surface area contributed by atoms with Gasteiger partial charge in [-0.05, 0) is 37.8 Å². The Hall–Kier alpha value is -1.75. The predicted molar refractivity (Wildman–Crippen MR) is 91.6 cm³/mol. The van der Waals surface area contributed by atoms with E-state index in [1.807, 2.05) is 6.07 Å². The first-order valence-electron chi connectivity index (χ1n) is 8.71. The maximum Gasteiger partial charge on any atom is 0.315 e. The van der Waals surface area contributed by atoms with Crippen LogP contribution >= 0.6 is 0 Å². The van der Waals surface area contributed by atoms with E-state index in [-0.39, 0.29) is 12.1 Å². The Morgan fingerprint density at radius 2 is 1.83 bits per heavy atom. The van der Waals surface area contributed by atoms with Crippen LogP contribution in [0, 0.1) is 0 Å². The highest BCUT2D eigenvalue weighted by Gasteiger charge is 2.31. The van der Waals surface area contributed by atoms with Gasteiger partial charge in [-0.15, -0.1) is 0 Å². The van der Waals surface area contributed by atoms with Crippen LogP contribution in [-0.4, -0.2) is 42.4 Å². The fourth-order valence-corrected chi connectivity index (χ4v) is 3.61. The number of hydrogen-bond donors (Lipinski definition) is 3. The summed E-state index contributed by atoms with van der Waals surface area (Å²) in [5.41, 5.74) is 0.562. The number of rotatable bonds is 4. The Labute approximate surface area is 138 Å². The van der Waals surface area contributed by atoms with Crippen molar-refractivity contribution in [3.63, 3.8) is 0 Å². The second-order valence-electron chi connectivity index (χ2n) is 6.86. The first-order valence-corrected chi connectivity index (χ1v) is 8.71. The van der Waals surface area contributed by atoms with E-state index in [2.05, 4.69) is 39.8 Å². The lowest BCUT2D eigenvalue weighted by Crippen LogP contribution is -2.50. The monoisotopic (exact) mass is 317 g/mol. The number of aliphatic hydroxyl groups is 1. The first-order chi connectivity index (χ1) is 11.1.